The Morgan fingerprint density at radius 2 is 2.25 bits per heavy atom. The van der Waals surface area contributed by atoms with Crippen LogP contribution in [-0.2, 0) is 9.59 Å². The molecule has 0 radical (unpaired) electrons. The second-order valence-corrected chi connectivity index (χ2v) is 5.12. The van der Waals surface area contributed by atoms with E-state index in [0.717, 1.165) is 12.1 Å². The minimum Gasteiger partial charge on any atom is -0.344 e. The van der Waals surface area contributed by atoms with Gasteiger partial charge in [0.2, 0.25) is 11.8 Å². The lowest BCUT2D eigenvalue weighted by atomic mass is 10.1. The average Bonchev–Trinajstić information content (AvgIpc) is 2.60. The highest BCUT2D eigenvalue weighted by Gasteiger charge is 2.32. The Morgan fingerprint density at radius 3 is 2.90 bits per heavy atom. The number of hydrogen-bond acceptors (Lipinski definition) is 3. The minimum absolute atomic E-state index is 0.00384. The fraction of sp³-hybridized carbons (Fsp3) is 0.533. The number of carbonyl (C=O) groups excluding carboxylic acids is 2. The van der Waals surface area contributed by atoms with Gasteiger partial charge in [-0.1, -0.05) is 19.4 Å². The fourth-order valence-electron chi connectivity index (χ4n) is 2.51. The quantitative estimate of drug-likeness (QED) is 0.909. The Kier molecular flexibility index (Phi) is 4.71. The summed E-state index contributed by atoms with van der Waals surface area (Å²) >= 11 is 0. The summed E-state index contributed by atoms with van der Waals surface area (Å²) in [6, 6.07) is 5.16. The summed E-state index contributed by atoms with van der Waals surface area (Å²) in [5, 5.41) is 2.82. The van der Waals surface area contributed by atoms with E-state index in [0.29, 0.717) is 19.4 Å². The van der Waals surface area contributed by atoms with Crippen molar-refractivity contribution in [3.8, 4) is 0 Å². The molecular formula is C15H21N3O2. The topological polar surface area (TPSA) is 62.3 Å². The highest BCUT2D eigenvalue weighted by Crippen LogP contribution is 2.21. The van der Waals surface area contributed by atoms with Crippen molar-refractivity contribution in [3.63, 3.8) is 0 Å². The number of carbonyl (C=O) groups is 2. The van der Waals surface area contributed by atoms with Crippen LogP contribution in [0.1, 0.15) is 44.8 Å². The zero-order valence-corrected chi connectivity index (χ0v) is 12.0. The largest absolute Gasteiger partial charge is 0.344 e. The number of aromatic nitrogens is 1. The molecule has 1 fully saturated rings. The Morgan fingerprint density at radius 1 is 1.45 bits per heavy atom. The molecular weight excluding hydrogens is 254 g/mol. The molecule has 2 unspecified atom stereocenters. The third-order valence-corrected chi connectivity index (χ3v) is 3.66. The molecule has 2 rings (SSSR count). The number of pyridine rings is 1. The van der Waals surface area contributed by atoms with Gasteiger partial charge in [-0.05, 0) is 25.5 Å². The lowest BCUT2D eigenvalue weighted by molar-refractivity contribution is -0.135. The molecule has 0 aliphatic carbocycles. The van der Waals surface area contributed by atoms with E-state index in [1.807, 2.05) is 32.0 Å². The van der Waals surface area contributed by atoms with Crippen LogP contribution >= 0.6 is 0 Å². The van der Waals surface area contributed by atoms with Gasteiger partial charge < -0.3 is 10.2 Å². The fourth-order valence-corrected chi connectivity index (χ4v) is 2.51. The number of nitrogens with one attached hydrogen (secondary N) is 1. The number of rotatable bonds is 4. The predicted octanol–water partition coefficient (Wildman–Crippen LogP) is 1.66. The van der Waals surface area contributed by atoms with Gasteiger partial charge in [0, 0.05) is 19.2 Å². The molecule has 0 saturated carbocycles. The summed E-state index contributed by atoms with van der Waals surface area (Å²) in [6.45, 7) is 4.42. The van der Waals surface area contributed by atoms with Gasteiger partial charge in [0.05, 0.1) is 11.7 Å². The molecule has 2 amide bonds. The Balaban J connectivity index is 2.20. The van der Waals surface area contributed by atoms with Crippen molar-refractivity contribution in [1.82, 2.24) is 15.2 Å². The van der Waals surface area contributed by atoms with Crippen LogP contribution in [0.4, 0.5) is 0 Å². The highest BCUT2D eigenvalue weighted by molar-refractivity contribution is 5.90. The van der Waals surface area contributed by atoms with E-state index in [1.54, 1.807) is 11.1 Å². The first-order valence-corrected chi connectivity index (χ1v) is 7.14. The van der Waals surface area contributed by atoms with E-state index in [1.165, 1.54) is 0 Å². The van der Waals surface area contributed by atoms with Crippen molar-refractivity contribution in [2.24, 2.45) is 0 Å². The molecule has 1 saturated heterocycles. The molecule has 0 aromatic carbocycles. The standard InChI is InChI=1S/C15H21N3O2/c1-3-6-13-15(20)18(10-8-14(19)17-13)11(2)12-7-4-5-9-16-12/h4-5,7,9,11,13H,3,6,8,10H2,1-2H3,(H,17,19). The van der Waals surface area contributed by atoms with Crippen LogP contribution in [0.25, 0.3) is 0 Å². The Bertz CT molecular complexity index is 475. The van der Waals surface area contributed by atoms with E-state index >= 15 is 0 Å². The maximum absolute atomic E-state index is 12.6. The van der Waals surface area contributed by atoms with Gasteiger partial charge in [0.15, 0.2) is 0 Å². The second-order valence-electron chi connectivity index (χ2n) is 5.12. The first-order valence-electron chi connectivity index (χ1n) is 7.14. The predicted molar refractivity (Wildman–Crippen MR) is 75.8 cm³/mol. The molecule has 2 atom stereocenters. The first kappa shape index (κ1) is 14.5. The smallest absolute Gasteiger partial charge is 0.245 e. The summed E-state index contributed by atoms with van der Waals surface area (Å²) in [7, 11) is 0. The average molecular weight is 275 g/mol. The summed E-state index contributed by atoms with van der Waals surface area (Å²) < 4.78 is 0. The van der Waals surface area contributed by atoms with Crippen LogP contribution in [0, 0.1) is 0 Å². The van der Waals surface area contributed by atoms with Crippen LogP contribution in [0.15, 0.2) is 24.4 Å². The summed E-state index contributed by atoms with van der Waals surface area (Å²) in [6.07, 6.45) is 3.61. The summed E-state index contributed by atoms with van der Waals surface area (Å²) in [5.74, 6) is -0.0524. The van der Waals surface area contributed by atoms with Crippen LogP contribution in [-0.4, -0.2) is 34.3 Å². The molecule has 5 nitrogen and oxygen atoms in total. The molecule has 1 aliphatic heterocycles. The molecule has 0 spiro atoms. The first-order chi connectivity index (χ1) is 9.63. The third kappa shape index (κ3) is 3.15. The van der Waals surface area contributed by atoms with E-state index < -0.39 is 6.04 Å². The maximum atomic E-state index is 12.6. The lowest BCUT2D eigenvalue weighted by Crippen LogP contribution is -2.45. The number of hydrogen-bond donors (Lipinski definition) is 1. The minimum atomic E-state index is -0.402. The zero-order valence-electron chi connectivity index (χ0n) is 12.0. The second kappa shape index (κ2) is 6.50. The van der Waals surface area contributed by atoms with Gasteiger partial charge in [-0.15, -0.1) is 0 Å². The van der Waals surface area contributed by atoms with Gasteiger partial charge in [-0.2, -0.15) is 0 Å². The number of nitrogens with zero attached hydrogens (tertiary/aromatic N) is 2. The van der Waals surface area contributed by atoms with E-state index in [4.69, 9.17) is 0 Å². The van der Waals surface area contributed by atoms with E-state index in [-0.39, 0.29) is 17.9 Å². The Hall–Kier alpha value is -1.91. The van der Waals surface area contributed by atoms with Crippen LogP contribution in [0.2, 0.25) is 0 Å². The normalized spacial score (nSPS) is 21.3. The van der Waals surface area contributed by atoms with Crippen molar-refractivity contribution in [1.29, 1.82) is 0 Å². The lowest BCUT2D eigenvalue weighted by Gasteiger charge is -2.29. The van der Waals surface area contributed by atoms with E-state index in [9.17, 15) is 9.59 Å². The van der Waals surface area contributed by atoms with Crippen LogP contribution in [0.3, 0.4) is 0 Å². The van der Waals surface area contributed by atoms with Crippen LogP contribution in [0.5, 0.6) is 0 Å². The summed E-state index contributed by atoms with van der Waals surface area (Å²) in [4.78, 5) is 30.4. The number of amides is 2. The molecule has 1 N–H and O–H groups in total. The Labute approximate surface area is 119 Å². The van der Waals surface area contributed by atoms with Crippen molar-refractivity contribution in [2.45, 2.75) is 45.2 Å². The third-order valence-electron chi connectivity index (χ3n) is 3.66. The molecule has 1 aliphatic rings. The molecule has 0 bridgehead atoms. The maximum Gasteiger partial charge on any atom is 0.245 e. The van der Waals surface area contributed by atoms with Gasteiger partial charge >= 0.3 is 0 Å². The van der Waals surface area contributed by atoms with Crippen molar-refractivity contribution >= 4 is 11.8 Å². The van der Waals surface area contributed by atoms with E-state index in [2.05, 4.69) is 10.3 Å². The SMILES string of the molecule is CCCC1NC(=O)CCN(C(C)c2ccccn2)C1=O. The highest BCUT2D eigenvalue weighted by atomic mass is 16.2. The van der Waals surface area contributed by atoms with Crippen LogP contribution < -0.4 is 5.32 Å². The molecule has 108 valence electrons. The van der Waals surface area contributed by atoms with Crippen molar-refractivity contribution < 1.29 is 9.59 Å². The van der Waals surface area contributed by atoms with Gasteiger partial charge in [0.25, 0.3) is 0 Å². The van der Waals surface area contributed by atoms with Crippen molar-refractivity contribution in [3.05, 3.63) is 30.1 Å². The monoisotopic (exact) mass is 275 g/mol. The molecule has 20 heavy (non-hydrogen) atoms. The van der Waals surface area contributed by atoms with Gasteiger partial charge in [-0.25, -0.2) is 0 Å². The molecule has 1 aromatic heterocycles. The van der Waals surface area contributed by atoms with Gasteiger partial charge in [-0.3, -0.25) is 14.6 Å². The zero-order chi connectivity index (χ0) is 14.5. The molecule has 1 aromatic rings. The summed E-state index contributed by atoms with van der Waals surface area (Å²) in [5.41, 5.74) is 0.852. The van der Waals surface area contributed by atoms with Crippen molar-refractivity contribution in [2.75, 3.05) is 6.54 Å². The molecule has 2 heterocycles. The molecule has 5 heteroatoms. The van der Waals surface area contributed by atoms with Gasteiger partial charge in [0.1, 0.15) is 6.04 Å².